The van der Waals surface area contributed by atoms with E-state index in [1.54, 1.807) is 24.3 Å². The lowest BCUT2D eigenvalue weighted by Crippen LogP contribution is -2.38. The molecule has 11 heteroatoms. The largest absolute Gasteiger partial charge is 0.491 e. The smallest absolute Gasteiger partial charge is 0.325 e. The summed E-state index contributed by atoms with van der Waals surface area (Å²) in [6, 6.07) is 19.8. The van der Waals surface area contributed by atoms with Gasteiger partial charge >= 0.3 is 6.03 Å². The van der Waals surface area contributed by atoms with Crippen LogP contribution in [0.2, 0.25) is 10.2 Å². The number of aromatic amines is 1. The number of carbonyl (C=O) groups excluding carboxylic acids is 2. The fourth-order valence-corrected chi connectivity index (χ4v) is 5.49. The minimum atomic E-state index is -0.888. The number of hydrogen-bond donors (Lipinski definition) is 4. The van der Waals surface area contributed by atoms with Crippen molar-refractivity contribution in [1.29, 1.82) is 0 Å². The Balaban J connectivity index is 0.00000127. The van der Waals surface area contributed by atoms with Gasteiger partial charge in [-0.05, 0) is 41.8 Å². The van der Waals surface area contributed by atoms with Crippen molar-refractivity contribution in [2.45, 2.75) is 45.7 Å². The van der Waals surface area contributed by atoms with Crippen LogP contribution in [0.1, 0.15) is 61.3 Å². The number of aliphatic hydroxyl groups is 2. The molecular formula is C33H38Cl2N4O5. The van der Waals surface area contributed by atoms with Gasteiger partial charge in [-0.15, -0.1) is 0 Å². The lowest BCUT2D eigenvalue weighted by atomic mass is 9.91. The molecule has 1 aliphatic heterocycles. The molecule has 0 saturated carbocycles. The summed E-state index contributed by atoms with van der Waals surface area (Å²) in [5.74, 6) is 0.177. The second-order valence-corrected chi connectivity index (χ2v) is 10.4. The molecule has 1 aromatic heterocycles. The van der Waals surface area contributed by atoms with Crippen LogP contribution in [-0.2, 0) is 4.79 Å². The number of halogens is 2. The number of amides is 3. The Morgan fingerprint density at radius 1 is 1.00 bits per heavy atom. The number of urea groups is 1. The van der Waals surface area contributed by atoms with Gasteiger partial charge in [0.2, 0.25) is 0 Å². The van der Waals surface area contributed by atoms with E-state index in [1.807, 2.05) is 76.2 Å². The Hall–Kier alpha value is -3.89. The Kier molecular flexibility index (Phi) is 12.8. The molecule has 44 heavy (non-hydrogen) atoms. The number of carbonyl (C=O) groups is 2. The first kappa shape index (κ1) is 34.6. The highest BCUT2D eigenvalue weighted by Crippen LogP contribution is 2.41. The van der Waals surface area contributed by atoms with Gasteiger partial charge in [0.25, 0.3) is 5.91 Å². The molecule has 0 spiro atoms. The van der Waals surface area contributed by atoms with Crippen LogP contribution < -0.4 is 10.1 Å². The first-order valence-corrected chi connectivity index (χ1v) is 15.0. The van der Waals surface area contributed by atoms with Gasteiger partial charge in [0.05, 0.1) is 11.6 Å². The monoisotopic (exact) mass is 640 g/mol. The van der Waals surface area contributed by atoms with E-state index in [-0.39, 0.29) is 24.3 Å². The SMILES string of the molecule is CC.CO.Cc1ccc(-c2nc(C(C(C)c3ccccc3)N3C(=O)N[C@H](c4ccc(OCCO)cc4)C3=O)[nH]c2Cl)c(Cl)c1. The van der Waals surface area contributed by atoms with Crippen molar-refractivity contribution in [3.63, 3.8) is 0 Å². The number of imide groups is 1. The molecule has 0 radical (unpaired) electrons. The van der Waals surface area contributed by atoms with Crippen molar-refractivity contribution in [2.75, 3.05) is 20.3 Å². The summed E-state index contributed by atoms with van der Waals surface area (Å²) >= 11 is 13.2. The van der Waals surface area contributed by atoms with Crippen LogP contribution in [0.4, 0.5) is 4.79 Å². The summed E-state index contributed by atoms with van der Waals surface area (Å²) in [4.78, 5) is 36.4. The quantitative estimate of drug-likeness (QED) is 0.148. The van der Waals surface area contributed by atoms with E-state index in [9.17, 15) is 9.59 Å². The molecule has 2 heterocycles. The van der Waals surface area contributed by atoms with Crippen molar-refractivity contribution < 1.29 is 24.5 Å². The molecule has 1 saturated heterocycles. The summed E-state index contributed by atoms with van der Waals surface area (Å²) in [6.45, 7) is 7.93. The number of aliphatic hydroxyl groups excluding tert-OH is 2. The Morgan fingerprint density at radius 3 is 2.27 bits per heavy atom. The minimum Gasteiger partial charge on any atom is -0.491 e. The van der Waals surface area contributed by atoms with Crippen molar-refractivity contribution in [3.05, 3.63) is 105 Å². The number of hydrogen-bond acceptors (Lipinski definition) is 6. The van der Waals surface area contributed by atoms with Crippen LogP contribution in [0.5, 0.6) is 5.75 Å². The maximum atomic E-state index is 13.9. The minimum absolute atomic E-state index is 0.108. The number of rotatable bonds is 9. The molecule has 0 bridgehead atoms. The first-order chi connectivity index (χ1) is 21.3. The highest BCUT2D eigenvalue weighted by molar-refractivity contribution is 6.35. The van der Waals surface area contributed by atoms with Crippen LogP contribution in [0.25, 0.3) is 11.3 Å². The summed E-state index contributed by atoms with van der Waals surface area (Å²) in [5.41, 5.74) is 3.60. The third-order valence-electron chi connectivity index (χ3n) is 6.96. The Bertz CT molecular complexity index is 1530. The Morgan fingerprint density at radius 2 is 1.66 bits per heavy atom. The van der Waals surface area contributed by atoms with Gasteiger partial charge < -0.3 is 25.3 Å². The predicted octanol–water partition coefficient (Wildman–Crippen LogP) is 6.84. The van der Waals surface area contributed by atoms with E-state index in [0.29, 0.717) is 33.4 Å². The average Bonchev–Trinajstić information content (AvgIpc) is 3.57. The molecule has 1 fully saturated rings. The van der Waals surface area contributed by atoms with Crippen LogP contribution in [0.3, 0.4) is 0 Å². The Labute approximate surface area is 267 Å². The third kappa shape index (κ3) is 7.60. The number of ether oxygens (including phenoxy) is 1. The summed E-state index contributed by atoms with van der Waals surface area (Å²) in [5, 5.41) is 19.6. The van der Waals surface area contributed by atoms with E-state index in [2.05, 4.69) is 10.3 Å². The molecule has 5 rings (SSSR count). The third-order valence-corrected chi connectivity index (χ3v) is 7.55. The van der Waals surface area contributed by atoms with Gasteiger partial charge in [0, 0.05) is 18.6 Å². The lowest BCUT2D eigenvalue weighted by Gasteiger charge is -2.29. The van der Waals surface area contributed by atoms with Gasteiger partial charge in [-0.1, -0.05) is 98.6 Å². The van der Waals surface area contributed by atoms with Gasteiger partial charge in [-0.25, -0.2) is 9.78 Å². The second kappa shape index (κ2) is 16.3. The molecule has 3 amide bonds. The molecule has 0 aliphatic carbocycles. The molecule has 4 N–H and O–H groups in total. The standard InChI is InChI=1S/C30H28Cl2N4O4.C2H6.CH4O/c1-17-8-13-22(23(31)16-17)25-27(32)35-28(33-25)26(18(2)19-6-4-3-5-7-19)36-29(38)24(34-30(36)39)20-9-11-21(12-10-20)40-15-14-37;2*1-2/h3-13,16,18,24,26,37H,14-15H2,1-2H3,(H,33,35)(H,34,39);1-2H3;2H,1H3/t18?,24-,26?;;/m1../s1. The van der Waals surface area contributed by atoms with Gasteiger partial charge in [0.15, 0.2) is 0 Å². The molecule has 1 aliphatic rings. The van der Waals surface area contributed by atoms with E-state index in [1.165, 1.54) is 4.90 Å². The first-order valence-electron chi connectivity index (χ1n) is 14.3. The number of nitrogens with one attached hydrogen (secondary N) is 2. The fourth-order valence-electron chi connectivity index (χ4n) is 4.92. The molecule has 2 unspecified atom stereocenters. The number of benzene rings is 3. The number of nitrogens with zero attached hydrogens (tertiary/aromatic N) is 2. The van der Waals surface area contributed by atoms with E-state index in [4.69, 9.17) is 43.1 Å². The van der Waals surface area contributed by atoms with E-state index < -0.39 is 24.0 Å². The van der Waals surface area contributed by atoms with Crippen LogP contribution in [-0.4, -0.2) is 57.3 Å². The van der Waals surface area contributed by atoms with E-state index >= 15 is 0 Å². The number of H-pyrrole nitrogens is 1. The van der Waals surface area contributed by atoms with Crippen molar-refractivity contribution in [2.24, 2.45) is 0 Å². The average molecular weight is 642 g/mol. The number of aryl methyl sites for hydroxylation is 1. The maximum Gasteiger partial charge on any atom is 0.325 e. The molecule has 234 valence electrons. The zero-order valence-corrected chi connectivity index (χ0v) is 26.9. The summed E-state index contributed by atoms with van der Waals surface area (Å²) in [7, 11) is 1.00. The van der Waals surface area contributed by atoms with Gasteiger partial charge in [-0.3, -0.25) is 9.69 Å². The zero-order valence-electron chi connectivity index (χ0n) is 25.3. The lowest BCUT2D eigenvalue weighted by molar-refractivity contribution is -0.129. The van der Waals surface area contributed by atoms with Gasteiger partial charge in [0.1, 0.15) is 41.1 Å². The number of imidazole rings is 1. The summed E-state index contributed by atoms with van der Waals surface area (Å²) in [6.07, 6.45) is 0. The van der Waals surface area contributed by atoms with Crippen molar-refractivity contribution >= 4 is 35.1 Å². The van der Waals surface area contributed by atoms with E-state index in [0.717, 1.165) is 18.2 Å². The topological polar surface area (TPSA) is 128 Å². The summed E-state index contributed by atoms with van der Waals surface area (Å²) < 4.78 is 5.42. The van der Waals surface area contributed by atoms with Crippen LogP contribution in [0.15, 0.2) is 72.8 Å². The highest BCUT2D eigenvalue weighted by Gasteiger charge is 2.46. The van der Waals surface area contributed by atoms with Crippen LogP contribution in [0, 0.1) is 6.92 Å². The predicted molar refractivity (Wildman–Crippen MR) is 173 cm³/mol. The molecular weight excluding hydrogens is 603 g/mol. The van der Waals surface area contributed by atoms with Crippen LogP contribution >= 0.6 is 23.2 Å². The zero-order chi connectivity index (χ0) is 32.4. The van der Waals surface area contributed by atoms with Gasteiger partial charge in [-0.2, -0.15) is 0 Å². The highest BCUT2D eigenvalue weighted by atomic mass is 35.5. The molecule has 3 atom stereocenters. The maximum absolute atomic E-state index is 13.9. The fraction of sp³-hybridized carbons (Fsp3) is 0.303. The second-order valence-electron chi connectivity index (χ2n) is 9.64. The molecule has 4 aromatic rings. The molecule has 3 aromatic carbocycles. The number of aromatic nitrogens is 2. The molecule has 9 nitrogen and oxygen atoms in total. The normalized spacial score (nSPS) is 15.4. The van der Waals surface area contributed by atoms with Crippen molar-refractivity contribution in [1.82, 2.24) is 20.2 Å². The van der Waals surface area contributed by atoms with Crippen molar-refractivity contribution in [3.8, 4) is 17.0 Å².